The summed E-state index contributed by atoms with van der Waals surface area (Å²) in [4.78, 5) is 0. The molecule has 0 fully saturated rings. The van der Waals surface area contributed by atoms with Gasteiger partial charge in [0.2, 0.25) is 0 Å². The predicted octanol–water partition coefficient (Wildman–Crippen LogP) is 3.18. The molecule has 1 aromatic carbocycles. The molecular weight excluding hydrogens is 210 g/mol. The second-order valence-electron chi connectivity index (χ2n) is 4.35. The Morgan fingerprint density at radius 1 is 1.35 bits per heavy atom. The number of hydrogen-bond donors (Lipinski definition) is 1. The minimum absolute atomic E-state index is 0.468. The molecule has 94 valence electrons. The lowest BCUT2D eigenvalue weighted by atomic mass is 9.99. The first kappa shape index (κ1) is 13.8. The third-order valence-corrected chi connectivity index (χ3v) is 3.08. The van der Waals surface area contributed by atoms with Crippen LogP contribution in [-0.2, 0) is 6.42 Å². The van der Waals surface area contributed by atoms with Crippen LogP contribution < -0.4 is 10.1 Å². The normalized spacial score (nSPS) is 12.2. The average molecular weight is 233 g/mol. The fourth-order valence-corrected chi connectivity index (χ4v) is 1.82. The molecule has 1 aromatic rings. The van der Waals surface area contributed by atoms with Crippen molar-refractivity contribution in [2.45, 2.75) is 32.2 Å². The molecule has 0 amide bonds. The van der Waals surface area contributed by atoms with Crippen molar-refractivity contribution in [3.63, 3.8) is 0 Å². The maximum absolute atomic E-state index is 5.15. The van der Waals surface area contributed by atoms with E-state index in [2.05, 4.69) is 31.0 Å². The van der Waals surface area contributed by atoms with Crippen LogP contribution in [0.4, 0.5) is 0 Å². The van der Waals surface area contributed by atoms with Crippen molar-refractivity contribution in [3.05, 3.63) is 42.0 Å². The summed E-state index contributed by atoms with van der Waals surface area (Å²) >= 11 is 0. The van der Waals surface area contributed by atoms with Gasteiger partial charge in [-0.25, -0.2) is 0 Å². The molecule has 1 unspecified atom stereocenters. The molecule has 2 nitrogen and oxygen atoms in total. The molecule has 0 heterocycles. The molecule has 0 spiro atoms. The molecule has 0 aliphatic heterocycles. The van der Waals surface area contributed by atoms with Crippen LogP contribution in [0.3, 0.4) is 0 Å². The van der Waals surface area contributed by atoms with Crippen molar-refractivity contribution in [2.75, 3.05) is 14.2 Å². The molecule has 0 saturated heterocycles. The Morgan fingerprint density at radius 2 is 2.00 bits per heavy atom. The molecule has 0 saturated carbocycles. The van der Waals surface area contributed by atoms with Crippen LogP contribution in [0, 0.1) is 0 Å². The number of hydrogen-bond acceptors (Lipinski definition) is 2. The number of ether oxygens (including phenoxy) is 1. The molecule has 0 aromatic heterocycles. The third-order valence-electron chi connectivity index (χ3n) is 3.08. The SMILES string of the molecule is C=C(CC)CC(Cc1ccc(OC)cc1)NC. The molecular formula is C15H23NO. The van der Waals surface area contributed by atoms with Crippen molar-refractivity contribution in [1.29, 1.82) is 0 Å². The van der Waals surface area contributed by atoms with Crippen molar-refractivity contribution in [2.24, 2.45) is 0 Å². The predicted molar refractivity (Wildman–Crippen MR) is 73.6 cm³/mol. The first-order valence-electron chi connectivity index (χ1n) is 6.16. The smallest absolute Gasteiger partial charge is 0.118 e. The lowest BCUT2D eigenvalue weighted by Crippen LogP contribution is -2.27. The molecule has 17 heavy (non-hydrogen) atoms. The molecule has 1 rings (SSSR count). The van der Waals surface area contributed by atoms with Gasteiger partial charge in [0.25, 0.3) is 0 Å². The van der Waals surface area contributed by atoms with Crippen LogP contribution in [0.25, 0.3) is 0 Å². The maximum Gasteiger partial charge on any atom is 0.118 e. The van der Waals surface area contributed by atoms with Crippen LogP contribution in [0.15, 0.2) is 36.4 Å². The van der Waals surface area contributed by atoms with E-state index >= 15 is 0 Å². The van der Waals surface area contributed by atoms with Gasteiger partial charge in [-0.1, -0.05) is 31.2 Å². The first-order valence-corrected chi connectivity index (χ1v) is 6.16. The summed E-state index contributed by atoms with van der Waals surface area (Å²) in [5, 5.41) is 3.35. The Balaban J connectivity index is 2.57. The zero-order chi connectivity index (χ0) is 12.7. The van der Waals surface area contributed by atoms with E-state index < -0.39 is 0 Å². The lowest BCUT2D eigenvalue weighted by molar-refractivity contribution is 0.414. The summed E-state index contributed by atoms with van der Waals surface area (Å²) in [6.07, 6.45) is 3.12. The van der Waals surface area contributed by atoms with Crippen LogP contribution in [-0.4, -0.2) is 20.2 Å². The molecule has 0 radical (unpaired) electrons. The maximum atomic E-state index is 5.15. The second-order valence-corrected chi connectivity index (χ2v) is 4.35. The van der Waals surface area contributed by atoms with Gasteiger partial charge in [-0.2, -0.15) is 0 Å². The Kier molecular flexibility index (Phi) is 5.78. The Bertz CT molecular complexity index is 342. The van der Waals surface area contributed by atoms with E-state index in [1.54, 1.807) is 7.11 Å². The molecule has 0 aliphatic carbocycles. The molecule has 0 bridgehead atoms. The summed E-state index contributed by atoms with van der Waals surface area (Å²) in [5.41, 5.74) is 2.63. The van der Waals surface area contributed by atoms with Crippen LogP contribution in [0.2, 0.25) is 0 Å². The third kappa shape index (κ3) is 4.61. The monoisotopic (exact) mass is 233 g/mol. The zero-order valence-corrected chi connectivity index (χ0v) is 11.1. The number of rotatable bonds is 7. The highest BCUT2D eigenvalue weighted by Gasteiger charge is 2.08. The van der Waals surface area contributed by atoms with Crippen molar-refractivity contribution in [1.82, 2.24) is 5.32 Å². The second kappa shape index (κ2) is 7.13. The number of likely N-dealkylation sites (N-methyl/N-ethyl adjacent to an activating group) is 1. The van der Waals surface area contributed by atoms with Gasteiger partial charge in [0.05, 0.1) is 7.11 Å². The zero-order valence-electron chi connectivity index (χ0n) is 11.1. The standard InChI is InChI=1S/C15H23NO/c1-5-12(2)10-14(16-3)11-13-6-8-15(17-4)9-7-13/h6-9,14,16H,2,5,10-11H2,1,3-4H3. The average Bonchev–Trinajstić information content (AvgIpc) is 2.38. The summed E-state index contributed by atoms with van der Waals surface area (Å²) in [5.74, 6) is 0.910. The van der Waals surface area contributed by atoms with Gasteiger partial charge in [-0.3, -0.25) is 0 Å². The van der Waals surface area contributed by atoms with Gasteiger partial charge in [0, 0.05) is 6.04 Å². The number of benzene rings is 1. The van der Waals surface area contributed by atoms with E-state index in [0.29, 0.717) is 6.04 Å². The van der Waals surface area contributed by atoms with Crippen molar-refractivity contribution < 1.29 is 4.74 Å². The number of nitrogens with one attached hydrogen (secondary N) is 1. The van der Waals surface area contributed by atoms with E-state index in [-0.39, 0.29) is 0 Å². The minimum atomic E-state index is 0.468. The van der Waals surface area contributed by atoms with Gasteiger partial charge in [0.1, 0.15) is 5.75 Å². The van der Waals surface area contributed by atoms with Crippen molar-refractivity contribution >= 4 is 0 Å². The summed E-state index contributed by atoms with van der Waals surface area (Å²) in [6, 6.07) is 8.74. The highest BCUT2D eigenvalue weighted by atomic mass is 16.5. The van der Waals surface area contributed by atoms with Gasteiger partial charge in [-0.15, -0.1) is 0 Å². The highest BCUT2D eigenvalue weighted by molar-refractivity contribution is 5.27. The summed E-state index contributed by atoms with van der Waals surface area (Å²) in [6.45, 7) is 6.23. The Hall–Kier alpha value is -1.28. The fraction of sp³-hybridized carbons (Fsp3) is 0.467. The Labute approximate surface area is 105 Å². The van der Waals surface area contributed by atoms with Crippen LogP contribution >= 0.6 is 0 Å². The van der Waals surface area contributed by atoms with E-state index in [4.69, 9.17) is 4.74 Å². The topological polar surface area (TPSA) is 21.3 Å². The summed E-state index contributed by atoms with van der Waals surface area (Å²) < 4.78 is 5.15. The number of methoxy groups -OCH3 is 1. The van der Waals surface area contributed by atoms with E-state index in [1.807, 2.05) is 19.2 Å². The van der Waals surface area contributed by atoms with Crippen molar-refractivity contribution in [3.8, 4) is 5.75 Å². The van der Waals surface area contributed by atoms with Gasteiger partial charge in [-0.05, 0) is 44.0 Å². The molecule has 0 aliphatic rings. The summed E-state index contributed by atoms with van der Waals surface area (Å²) in [7, 11) is 3.70. The van der Waals surface area contributed by atoms with Gasteiger partial charge >= 0.3 is 0 Å². The lowest BCUT2D eigenvalue weighted by Gasteiger charge is -2.17. The largest absolute Gasteiger partial charge is 0.497 e. The molecule has 1 N–H and O–H groups in total. The highest BCUT2D eigenvalue weighted by Crippen LogP contribution is 2.15. The Morgan fingerprint density at radius 3 is 2.47 bits per heavy atom. The van der Waals surface area contributed by atoms with E-state index in [1.165, 1.54) is 11.1 Å². The van der Waals surface area contributed by atoms with E-state index in [0.717, 1.165) is 25.0 Å². The van der Waals surface area contributed by atoms with Crippen LogP contribution in [0.5, 0.6) is 5.75 Å². The van der Waals surface area contributed by atoms with Gasteiger partial charge < -0.3 is 10.1 Å². The van der Waals surface area contributed by atoms with Crippen LogP contribution in [0.1, 0.15) is 25.3 Å². The quantitative estimate of drug-likeness (QED) is 0.730. The van der Waals surface area contributed by atoms with E-state index in [9.17, 15) is 0 Å². The van der Waals surface area contributed by atoms with Gasteiger partial charge in [0.15, 0.2) is 0 Å². The molecule has 1 atom stereocenters. The fourth-order valence-electron chi connectivity index (χ4n) is 1.82. The molecule has 2 heteroatoms. The first-order chi connectivity index (χ1) is 8.19. The minimum Gasteiger partial charge on any atom is -0.497 e.